The Morgan fingerprint density at radius 1 is 1.18 bits per heavy atom. The van der Waals surface area contributed by atoms with Crippen LogP contribution in [0.2, 0.25) is 0 Å². The lowest BCUT2D eigenvalue weighted by molar-refractivity contribution is 0.169. The van der Waals surface area contributed by atoms with Crippen molar-refractivity contribution in [1.82, 2.24) is 4.72 Å². The van der Waals surface area contributed by atoms with Gasteiger partial charge in [-0.3, -0.25) is 0 Å². The molecule has 22 heavy (non-hydrogen) atoms. The van der Waals surface area contributed by atoms with Gasteiger partial charge in [-0.15, -0.1) is 0 Å². The van der Waals surface area contributed by atoms with Crippen molar-refractivity contribution < 1.29 is 17.9 Å². The fraction of sp³-hybridized carbons (Fsp3) is 0.250. The van der Waals surface area contributed by atoms with Crippen molar-refractivity contribution >= 4 is 10.0 Å². The summed E-state index contributed by atoms with van der Waals surface area (Å²) in [7, 11) is -3.78. The van der Waals surface area contributed by atoms with Crippen LogP contribution in [0.1, 0.15) is 23.7 Å². The van der Waals surface area contributed by atoms with Crippen LogP contribution < -0.4 is 4.72 Å². The van der Waals surface area contributed by atoms with E-state index in [4.69, 9.17) is 0 Å². The maximum absolute atomic E-state index is 13.4. The minimum atomic E-state index is -3.78. The Labute approximate surface area is 129 Å². The van der Waals surface area contributed by atoms with Gasteiger partial charge in [0, 0.05) is 6.54 Å². The Morgan fingerprint density at radius 3 is 2.50 bits per heavy atom. The zero-order valence-corrected chi connectivity index (χ0v) is 13.0. The first-order chi connectivity index (χ1) is 10.4. The molecule has 0 aliphatic rings. The average molecular weight is 323 g/mol. The molecular formula is C16H18FNO3S. The summed E-state index contributed by atoms with van der Waals surface area (Å²) in [5, 5.41) is 9.97. The number of rotatable bonds is 6. The van der Waals surface area contributed by atoms with Crippen LogP contribution in [0.15, 0.2) is 53.4 Å². The molecule has 2 aromatic carbocycles. The first-order valence-corrected chi connectivity index (χ1v) is 8.37. The van der Waals surface area contributed by atoms with Gasteiger partial charge in [0.25, 0.3) is 0 Å². The predicted octanol–water partition coefficient (Wildman–Crippen LogP) is 2.54. The number of aliphatic hydroxyl groups is 1. The van der Waals surface area contributed by atoms with Crippen LogP contribution in [0.3, 0.4) is 0 Å². The standard InChI is InChI=1S/C16H18FNO3S/c1-12-7-8-14(11-15(12)17)22(20,21)18-10-9-16(19)13-5-3-2-4-6-13/h2-8,11,16,18-19H,9-10H2,1H3. The number of aliphatic hydroxyl groups excluding tert-OH is 1. The van der Waals surface area contributed by atoms with Crippen molar-refractivity contribution in [2.24, 2.45) is 0 Å². The van der Waals surface area contributed by atoms with Gasteiger partial charge in [0.05, 0.1) is 11.0 Å². The highest BCUT2D eigenvalue weighted by molar-refractivity contribution is 7.89. The number of hydrogen-bond acceptors (Lipinski definition) is 3. The van der Waals surface area contributed by atoms with E-state index in [0.29, 0.717) is 5.56 Å². The lowest BCUT2D eigenvalue weighted by Gasteiger charge is -2.12. The number of aryl methyl sites for hydroxylation is 1. The normalized spacial score (nSPS) is 13.0. The lowest BCUT2D eigenvalue weighted by Crippen LogP contribution is -2.26. The van der Waals surface area contributed by atoms with E-state index in [9.17, 15) is 17.9 Å². The van der Waals surface area contributed by atoms with Crippen molar-refractivity contribution in [2.45, 2.75) is 24.3 Å². The third-order valence-electron chi connectivity index (χ3n) is 3.35. The molecule has 0 amide bonds. The minimum Gasteiger partial charge on any atom is -0.388 e. The number of hydrogen-bond donors (Lipinski definition) is 2. The summed E-state index contributed by atoms with van der Waals surface area (Å²) in [6.45, 7) is 1.63. The molecule has 0 saturated heterocycles. The Morgan fingerprint density at radius 2 is 1.86 bits per heavy atom. The Hall–Kier alpha value is -1.76. The Balaban J connectivity index is 1.97. The topological polar surface area (TPSA) is 66.4 Å². The molecule has 0 bridgehead atoms. The van der Waals surface area contributed by atoms with Crippen molar-refractivity contribution in [3.05, 3.63) is 65.5 Å². The number of halogens is 1. The van der Waals surface area contributed by atoms with Crippen molar-refractivity contribution in [1.29, 1.82) is 0 Å². The molecule has 6 heteroatoms. The fourth-order valence-corrected chi connectivity index (χ4v) is 3.05. The van der Waals surface area contributed by atoms with E-state index >= 15 is 0 Å². The van der Waals surface area contributed by atoms with Crippen molar-refractivity contribution in [3.63, 3.8) is 0 Å². The number of benzene rings is 2. The third kappa shape index (κ3) is 4.13. The van der Waals surface area contributed by atoms with Gasteiger partial charge < -0.3 is 5.11 Å². The molecule has 0 aromatic heterocycles. The molecule has 2 rings (SSSR count). The van der Waals surface area contributed by atoms with Crippen LogP contribution in [-0.4, -0.2) is 20.1 Å². The summed E-state index contributed by atoms with van der Waals surface area (Å²) < 4.78 is 39.9. The quantitative estimate of drug-likeness (QED) is 0.858. The summed E-state index contributed by atoms with van der Waals surface area (Å²) in [5.41, 5.74) is 1.11. The maximum Gasteiger partial charge on any atom is 0.240 e. The van der Waals surface area contributed by atoms with Gasteiger partial charge in [0.1, 0.15) is 5.82 Å². The zero-order valence-electron chi connectivity index (χ0n) is 12.2. The molecule has 0 saturated carbocycles. The summed E-state index contributed by atoms with van der Waals surface area (Å²) in [5.74, 6) is -0.563. The molecule has 0 aliphatic carbocycles. The molecule has 118 valence electrons. The Kier molecular flexibility index (Phi) is 5.28. The zero-order chi connectivity index (χ0) is 16.2. The van der Waals surface area contributed by atoms with Crippen LogP contribution in [0.4, 0.5) is 4.39 Å². The number of nitrogens with one attached hydrogen (secondary N) is 1. The second kappa shape index (κ2) is 7.00. The smallest absolute Gasteiger partial charge is 0.240 e. The molecule has 4 nitrogen and oxygen atoms in total. The van der Waals surface area contributed by atoms with Crippen molar-refractivity contribution in [2.75, 3.05) is 6.54 Å². The second-order valence-corrected chi connectivity index (χ2v) is 6.79. The first kappa shape index (κ1) is 16.6. The minimum absolute atomic E-state index is 0.0634. The predicted molar refractivity (Wildman–Crippen MR) is 82.3 cm³/mol. The summed E-state index contributed by atoms with van der Waals surface area (Å²) in [6.07, 6.45) is -0.518. The largest absolute Gasteiger partial charge is 0.388 e. The molecule has 2 N–H and O–H groups in total. The van der Waals surface area contributed by atoms with Crippen LogP contribution in [-0.2, 0) is 10.0 Å². The van der Waals surface area contributed by atoms with Gasteiger partial charge in [0.15, 0.2) is 0 Å². The molecular weight excluding hydrogens is 305 g/mol. The monoisotopic (exact) mass is 323 g/mol. The van der Waals surface area contributed by atoms with Gasteiger partial charge in [0.2, 0.25) is 10.0 Å². The maximum atomic E-state index is 13.4. The summed E-state index contributed by atoms with van der Waals surface area (Å²) in [4.78, 5) is -0.121. The highest BCUT2D eigenvalue weighted by Gasteiger charge is 2.16. The van der Waals surface area contributed by atoms with E-state index < -0.39 is 21.9 Å². The van der Waals surface area contributed by atoms with Gasteiger partial charge in [-0.25, -0.2) is 17.5 Å². The Bertz CT molecular complexity index is 732. The average Bonchev–Trinajstić information content (AvgIpc) is 2.50. The van der Waals surface area contributed by atoms with Crippen molar-refractivity contribution in [3.8, 4) is 0 Å². The highest BCUT2D eigenvalue weighted by atomic mass is 32.2. The third-order valence-corrected chi connectivity index (χ3v) is 4.81. The van der Waals surface area contributed by atoms with E-state index in [0.717, 1.165) is 11.6 Å². The molecule has 2 aromatic rings. The number of sulfonamides is 1. The van der Waals surface area contributed by atoms with E-state index in [2.05, 4.69) is 4.72 Å². The first-order valence-electron chi connectivity index (χ1n) is 6.89. The molecule has 0 aliphatic heterocycles. The van der Waals surface area contributed by atoms with Gasteiger partial charge >= 0.3 is 0 Å². The molecule has 0 fully saturated rings. The molecule has 1 atom stereocenters. The molecule has 0 radical (unpaired) electrons. The van der Waals surface area contributed by atoms with Crippen LogP contribution >= 0.6 is 0 Å². The van der Waals surface area contributed by atoms with E-state index in [1.807, 2.05) is 6.07 Å². The van der Waals surface area contributed by atoms with Crippen LogP contribution in [0, 0.1) is 12.7 Å². The second-order valence-electron chi connectivity index (χ2n) is 5.02. The summed E-state index contributed by atoms with van der Waals surface area (Å²) in [6, 6.07) is 12.8. The SMILES string of the molecule is Cc1ccc(S(=O)(=O)NCCC(O)c2ccccc2)cc1F. The van der Waals surface area contributed by atoms with Crippen LogP contribution in [0.5, 0.6) is 0 Å². The molecule has 0 spiro atoms. The van der Waals surface area contributed by atoms with E-state index in [1.54, 1.807) is 31.2 Å². The van der Waals surface area contributed by atoms with Gasteiger partial charge in [-0.1, -0.05) is 36.4 Å². The molecule has 1 unspecified atom stereocenters. The van der Waals surface area contributed by atoms with E-state index in [1.165, 1.54) is 12.1 Å². The van der Waals surface area contributed by atoms with Crippen LogP contribution in [0.25, 0.3) is 0 Å². The highest BCUT2D eigenvalue weighted by Crippen LogP contribution is 2.17. The molecule has 0 heterocycles. The lowest BCUT2D eigenvalue weighted by atomic mass is 10.1. The summed E-state index contributed by atoms with van der Waals surface area (Å²) >= 11 is 0. The fourth-order valence-electron chi connectivity index (χ4n) is 2.00. The van der Waals surface area contributed by atoms with E-state index in [-0.39, 0.29) is 17.9 Å². The van der Waals surface area contributed by atoms with Gasteiger partial charge in [-0.2, -0.15) is 0 Å². The van der Waals surface area contributed by atoms with Gasteiger partial charge in [-0.05, 0) is 36.6 Å².